The van der Waals surface area contributed by atoms with Gasteiger partial charge in [0.15, 0.2) is 5.67 Å². The van der Waals surface area contributed by atoms with E-state index in [0.29, 0.717) is 6.92 Å². The summed E-state index contributed by atoms with van der Waals surface area (Å²) in [6.07, 6.45) is -1.79. The lowest BCUT2D eigenvalue weighted by atomic mass is 9.92. The normalized spacial score (nSPS) is 34.5. The average molecular weight is 316 g/mol. The van der Waals surface area contributed by atoms with Crippen molar-refractivity contribution in [1.29, 1.82) is 0 Å². The van der Waals surface area contributed by atoms with E-state index in [0.717, 1.165) is 13.8 Å². The third kappa shape index (κ3) is 4.48. The first-order valence-corrected chi connectivity index (χ1v) is 5.97. The number of hydrogen-bond acceptors (Lipinski definition) is 0. The van der Waals surface area contributed by atoms with E-state index in [9.17, 15) is 35.1 Å². The predicted octanol–water partition coefficient (Wildman–Crippen LogP) is 5.80. The molecule has 0 spiro atoms. The van der Waals surface area contributed by atoms with Crippen LogP contribution in [0.3, 0.4) is 0 Å². The van der Waals surface area contributed by atoms with Crippen LogP contribution in [0.25, 0.3) is 0 Å². The van der Waals surface area contributed by atoms with E-state index in [4.69, 9.17) is 0 Å². The molecule has 1 aliphatic carbocycles. The molecule has 0 aromatic rings. The maximum Gasteiger partial charge on any atom is 0.346 e. The molecule has 1 aliphatic rings. The van der Waals surface area contributed by atoms with Crippen LogP contribution in [0.2, 0.25) is 0 Å². The summed E-state index contributed by atoms with van der Waals surface area (Å²) in [4.78, 5) is 0. The first-order chi connectivity index (χ1) is 8.46. The molecule has 1 fully saturated rings. The highest BCUT2D eigenvalue weighted by molar-refractivity contribution is 5.18. The Morgan fingerprint density at radius 1 is 0.800 bits per heavy atom. The zero-order valence-corrected chi connectivity index (χ0v) is 12.2. The molecule has 0 aromatic heterocycles. The molecule has 8 heteroatoms. The van der Waals surface area contributed by atoms with Gasteiger partial charge < -0.3 is 0 Å². The Morgan fingerprint density at radius 3 is 1.10 bits per heavy atom. The number of rotatable bonds is 0. The van der Waals surface area contributed by atoms with Crippen molar-refractivity contribution >= 4 is 0 Å². The van der Waals surface area contributed by atoms with E-state index >= 15 is 0 Å². The summed E-state index contributed by atoms with van der Waals surface area (Å²) in [5, 5.41) is 0. The Balaban J connectivity index is 0. The summed E-state index contributed by atoms with van der Waals surface area (Å²) in [5.41, 5.74) is -7.04. The van der Waals surface area contributed by atoms with Gasteiger partial charge in [-0.2, -0.15) is 17.6 Å². The molecular weight excluding hydrogens is 296 g/mol. The Kier molecular flexibility index (Phi) is 6.58. The van der Waals surface area contributed by atoms with Gasteiger partial charge in [0.05, 0.1) is 6.42 Å². The van der Waals surface area contributed by atoms with Gasteiger partial charge in [-0.05, 0) is 27.7 Å². The molecule has 1 rings (SSSR count). The van der Waals surface area contributed by atoms with Gasteiger partial charge in [-0.15, -0.1) is 0 Å². The minimum absolute atomic E-state index is 0.161. The van der Waals surface area contributed by atoms with E-state index in [1.807, 2.05) is 13.8 Å². The van der Waals surface area contributed by atoms with E-state index in [-0.39, 0.29) is 6.92 Å². The molecule has 0 heterocycles. The molecule has 0 aliphatic heterocycles. The van der Waals surface area contributed by atoms with Crippen molar-refractivity contribution in [2.24, 2.45) is 0 Å². The lowest BCUT2D eigenvalue weighted by molar-refractivity contribution is -0.237. The predicted molar refractivity (Wildman–Crippen MR) is 61.2 cm³/mol. The van der Waals surface area contributed by atoms with E-state index in [1.54, 1.807) is 0 Å². The molecule has 0 nitrogen and oxygen atoms in total. The average Bonchev–Trinajstić information content (AvgIpc) is 2.22. The van der Waals surface area contributed by atoms with Gasteiger partial charge in [-0.1, -0.05) is 13.8 Å². The van der Waals surface area contributed by atoms with Crippen LogP contribution in [-0.4, -0.2) is 29.1 Å². The molecule has 0 amide bonds. The summed E-state index contributed by atoms with van der Waals surface area (Å²) >= 11 is 0. The molecule has 1 saturated carbocycles. The quantitative estimate of drug-likeness (QED) is 0.495. The lowest BCUT2D eigenvalue weighted by Gasteiger charge is -2.30. The standard InChI is InChI=1S/C7H8F6.C3H6F2.C2H6/c1-4(8)3-6(10,11)7(12,13)5(4,2)9;1-3(2,4)5;1-2/h3H2,1-2H3;1-2H3;1-2H3. The van der Waals surface area contributed by atoms with Crippen LogP contribution in [0.5, 0.6) is 0 Å². The summed E-state index contributed by atoms with van der Waals surface area (Å²) in [6, 6.07) is 0. The first kappa shape index (κ1) is 21.7. The van der Waals surface area contributed by atoms with Gasteiger partial charge in [0, 0.05) is 0 Å². The first-order valence-electron chi connectivity index (χ1n) is 5.97. The third-order valence-corrected chi connectivity index (χ3v) is 2.58. The van der Waals surface area contributed by atoms with Gasteiger partial charge >= 0.3 is 11.8 Å². The van der Waals surface area contributed by atoms with Crippen molar-refractivity contribution in [1.82, 2.24) is 0 Å². The number of halogens is 8. The van der Waals surface area contributed by atoms with Gasteiger partial charge in [0.2, 0.25) is 11.6 Å². The Hall–Kier alpha value is -0.560. The van der Waals surface area contributed by atoms with Gasteiger partial charge in [-0.25, -0.2) is 17.6 Å². The largest absolute Gasteiger partial charge is 0.346 e. The van der Waals surface area contributed by atoms with Crippen LogP contribution < -0.4 is 0 Å². The van der Waals surface area contributed by atoms with Gasteiger partial charge in [-0.3, -0.25) is 0 Å². The van der Waals surface area contributed by atoms with E-state index < -0.39 is 35.5 Å². The van der Waals surface area contributed by atoms with Crippen molar-refractivity contribution < 1.29 is 35.1 Å². The minimum atomic E-state index is -4.95. The monoisotopic (exact) mass is 316 g/mol. The smallest absolute Gasteiger partial charge is 0.240 e. The Labute approximate surface area is 113 Å². The topological polar surface area (TPSA) is 0 Å². The molecule has 0 radical (unpaired) electrons. The zero-order valence-electron chi connectivity index (χ0n) is 12.2. The zero-order chi connectivity index (χ0) is 17.2. The number of alkyl halides is 8. The molecular formula is C12H20F8. The van der Waals surface area contributed by atoms with E-state index in [2.05, 4.69) is 0 Å². The van der Waals surface area contributed by atoms with Crippen LogP contribution in [0.1, 0.15) is 48.0 Å². The molecule has 2 unspecified atom stereocenters. The highest BCUT2D eigenvalue weighted by Gasteiger charge is 2.82. The second-order valence-electron chi connectivity index (χ2n) is 4.98. The highest BCUT2D eigenvalue weighted by atomic mass is 19.3. The SMILES string of the molecule is CC.CC(C)(F)F.CC1(F)CC(F)(F)C(F)(F)C1(C)F. The lowest BCUT2D eigenvalue weighted by Crippen LogP contribution is -2.52. The van der Waals surface area contributed by atoms with E-state index in [1.165, 1.54) is 0 Å². The molecule has 2 atom stereocenters. The fourth-order valence-electron chi connectivity index (χ4n) is 1.36. The maximum atomic E-state index is 13.1. The Morgan fingerprint density at radius 2 is 1.05 bits per heavy atom. The molecule has 20 heavy (non-hydrogen) atoms. The van der Waals surface area contributed by atoms with Crippen LogP contribution in [0.4, 0.5) is 35.1 Å². The molecule has 0 bridgehead atoms. The van der Waals surface area contributed by atoms with Crippen molar-refractivity contribution in [3.05, 3.63) is 0 Å². The fourth-order valence-corrected chi connectivity index (χ4v) is 1.36. The van der Waals surface area contributed by atoms with Crippen LogP contribution in [-0.2, 0) is 0 Å². The second kappa shape index (κ2) is 6.05. The van der Waals surface area contributed by atoms with Gasteiger partial charge in [0.25, 0.3) is 0 Å². The summed E-state index contributed by atoms with van der Waals surface area (Å²) < 4.78 is 98.4. The molecule has 124 valence electrons. The maximum absolute atomic E-state index is 13.1. The molecule has 0 N–H and O–H groups in total. The molecule has 0 saturated heterocycles. The number of hydrogen-bond donors (Lipinski definition) is 0. The summed E-state index contributed by atoms with van der Waals surface area (Å²) in [6.45, 7) is 6.29. The fraction of sp³-hybridized carbons (Fsp3) is 1.00. The minimum Gasteiger partial charge on any atom is -0.240 e. The summed E-state index contributed by atoms with van der Waals surface area (Å²) in [7, 11) is 0. The van der Waals surface area contributed by atoms with Crippen LogP contribution >= 0.6 is 0 Å². The van der Waals surface area contributed by atoms with Crippen molar-refractivity contribution in [2.75, 3.05) is 0 Å². The molecule has 0 aromatic carbocycles. The van der Waals surface area contributed by atoms with Crippen molar-refractivity contribution in [3.63, 3.8) is 0 Å². The van der Waals surface area contributed by atoms with Crippen LogP contribution in [0, 0.1) is 0 Å². The second-order valence-corrected chi connectivity index (χ2v) is 4.98. The Bertz CT molecular complexity index is 271. The van der Waals surface area contributed by atoms with Crippen molar-refractivity contribution in [2.45, 2.75) is 77.1 Å². The highest BCUT2D eigenvalue weighted by Crippen LogP contribution is 2.61. The summed E-state index contributed by atoms with van der Waals surface area (Å²) in [5.74, 6) is -12.1. The van der Waals surface area contributed by atoms with Gasteiger partial charge in [0.1, 0.15) is 0 Å². The third-order valence-electron chi connectivity index (χ3n) is 2.58. The van der Waals surface area contributed by atoms with Crippen molar-refractivity contribution in [3.8, 4) is 0 Å². The van der Waals surface area contributed by atoms with Crippen LogP contribution in [0.15, 0.2) is 0 Å².